The largest absolute Gasteiger partial charge is 0.371 e. The first-order valence-electron chi connectivity index (χ1n) is 11.2. The molecule has 0 aromatic heterocycles. The van der Waals surface area contributed by atoms with Gasteiger partial charge in [0.15, 0.2) is 0 Å². The van der Waals surface area contributed by atoms with Gasteiger partial charge in [0.2, 0.25) is 0 Å². The van der Waals surface area contributed by atoms with Gasteiger partial charge < -0.3 is 15.5 Å². The quantitative estimate of drug-likeness (QED) is 0.386. The van der Waals surface area contributed by atoms with Gasteiger partial charge in [-0.15, -0.1) is 0 Å². The van der Waals surface area contributed by atoms with Gasteiger partial charge in [0.1, 0.15) is 0 Å². The minimum Gasteiger partial charge on any atom is -0.371 e. The van der Waals surface area contributed by atoms with Crippen LogP contribution < -0.4 is 15.5 Å². The van der Waals surface area contributed by atoms with E-state index in [1.165, 1.54) is 24.3 Å². The predicted octanol–water partition coefficient (Wildman–Crippen LogP) is 4.94. The number of non-ortho nitro benzene ring substituents is 1. The number of hydrogen-bond donors (Lipinski definition) is 2. The molecule has 8 heteroatoms. The molecule has 1 saturated heterocycles. The third-order valence-corrected chi connectivity index (χ3v) is 5.91. The molecular weight excluding hydrogens is 432 g/mol. The molecule has 0 bridgehead atoms. The van der Waals surface area contributed by atoms with E-state index in [1.807, 2.05) is 43.3 Å². The van der Waals surface area contributed by atoms with Crippen LogP contribution in [0.4, 0.5) is 17.1 Å². The fourth-order valence-corrected chi connectivity index (χ4v) is 4.09. The summed E-state index contributed by atoms with van der Waals surface area (Å²) in [5, 5.41) is 16.8. The lowest BCUT2D eigenvalue weighted by atomic mass is 10.1. The first-order chi connectivity index (χ1) is 16.4. The summed E-state index contributed by atoms with van der Waals surface area (Å²) in [5.74, 6) is -0.716. The van der Waals surface area contributed by atoms with Gasteiger partial charge in [-0.05, 0) is 49.6 Å². The van der Waals surface area contributed by atoms with Crippen molar-refractivity contribution in [2.75, 3.05) is 23.3 Å². The number of amides is 2. The van der Waals surface area contributed by atoms with Crippen molar-refractivity contribution in [1.82, 2.24) is 5.32 Å². The van der Waals surface area contributed by atoms with Crippen LogP contribution >= 0.6 is 0 Å². The summed E-state index contributed by atoms with van der Waals surface area (Å²) in [6.07, 6.45) is 2.12. The van der Waals surface area contributed by atoms with E-state index < -0.39 is 10.8 Å². The van der Waals surface area contributed by atoms with Crippen LogP contribution in [-0.2, 0) is 0 Å². The molecule has 2 amide bonds. The van der Waals surface area contributed by atoms with Crippen LogP contribution in [0.2, 0.25) is 0 Å². The van der Waals surface area contributed by atoms with Crippen LogP contribution in [-0.4, -0.2) is 29.8 Å². The maximum absolute atomic E-state index is 13.3. The lowest BCUT2D eigenvalue weighted by Gasteiger charge is -2.23. The number of rotatable bonds is 7. The molecule has 1 aliphatic rings. The summed E-state index contributed by atoms with van der Waals surface area (Å²) >= 11 is 0. The van der Waals surface area contributed by atoms with Crippen LogP contribution in [0.15, 0.2) is 72.8 Å². The molecule has 1 unspecified atom stereocenters. The van der Waals surface area contributed by atoms with Crippen LogP contribution in [0.1, 0.15) is 52.1 Å². The van der Waals surface area contributed by atoms with Crippen LogP contribution in [0.3, 0.4) is 0 Å². The first-order valence-corrected chi connectivity index (χ1v) is 11.2. The lowest BCUT2D eigenvalue weighted by Crippen LogP contribution is -2.29. The molecule has 34 heavy (non-hydrogen) atoms. The van der Waals surface area contributed by atoms with Crippen LogP contribution in [0.5, 0.6) is 0 Å². The number of hydrogen-bond acceptors (Lipinski definition) is 5. The normalized spacial score (nSPS) is 13.9. The van der Waals surface area contributed by atoms with Gasteiger partial charge in [0.25, 0.3) is 17.5 Å². The minimum atomic E-state index is -0.544. The Morgan fingerprint density at radius 3 is 2.38 bits per heavy atom. The van der Waals surface area contributed by atoms with E-state index in [1.54, 1.807) is 12.1 Å². The van der Waals surface area contributed by atoms with Crippen molar-refractivity contribution < 1.29 is 14.5 Å². The Morgan fingerprint density at radius 2 is 1.68 bits per heavy atom. The van der Waals surface area contributed by atoms with Crippen molar-refractivity contribution in [2.45, 2.75) is 25.8 Å². The average Bonchev–Trinajstić information content (AvgIpc) is 3.39. The highest BCUT2D eigenvalue weighted by atomic mass is 16.6. The number of anilines is 2. The van der Waals surface area contributed by atoms with E-state index in [0.717, 1.165) is 37.2 Å². The van der Waals surface area contributed by atoms with Crippen LogP contribution in [0, 0.1) is 10.1 Å². The maximum atomic E-state index is 13.3. The smallest absolute Gasteiger partial charge is 0.270 e. The number of nitrogens with one attached hydrogen (secondary N) is 2. The Balaban J connectivity index is 1.59. The first kappa shape index (κ1) is 23.0. The Kier molecular flexibility index (Phi) is 6.87. The van der Waals surface area contributed by atoms with Gasteiger partial charge in [-0.1, -0.05) is 36.4 Å². The summed E-state index contributed by atoms with van der Waals surface area (Å²) in [4.78, 5) is 38.7. The van der Waals surface area contributed by atoms with Gasteiger partial charge in [0.05, 0.1) is 16.5 Å². The molecule has 3 aromatic rings. The average molecular weight is 459 g/mol. The number of carbonyl (C=O) groups excluding carboxylic acids is 2. The highest BCUT2D eigenvalue weighted by Crippen LogP contribution is 2.28. The lowest BCUT2D eigenvalue weighted by molar-refractivity contribution is -0.384. The van der Waals surface area contributed by atoms with E-state index in [4.69, 9.17) is 0 Å². The molecule has 1 heterocycles. The highest BCUT2D eigenvalue weighted by Gasteiger charge is 2.22. The Morgan fingerprint density at radius 1 is 0.941 bits per heavy atom. The third-order valence-electron chi connectivity index (χ3n) is 5.91. The second kappa shape index (κ2) is 10.2. The molecular formula is C26H26N4O4. The summed E-state index contributed by atoms with van der Waals surface area (Å²) in [6.45, 7) is 3.67. The molecule has 1 fully saturated rings. The number of carbonyl (C=O) groups is 2. The van der Waals surface area contributed by atoms with Gasteiger partial charge in [-0.3, -0.25) is 19.7 Å². The van der Waals surface area contributed by atoms with Gasteiger partial charge in [0, 0.05) is 42.2 Å². The predicted molar refractivity (Wildman–Crippen MR) is 131 cm³/mol. The number of benzene rings is 3. The standard InChI is InChI=1S/C26H26N4O4/c1-18(19-8-3-2-4-9-19)27-26(32)23-17-21(12-13-24(23)29-14-5-6-15-29)28-25(31)20-10-7-11-22(16-20)30(33)34/h2-4,7-13,16-18H,5-6,14-15H2,1H3,(H,27,32)(H,28,31). The Hall–Kier alpha value is -4.20. The minimum absolute atomic E-state index is 0.160. The fourth-order valence-electron chi connectivity index (χ4n) is 4.09. The summed E-state index contributed by atoms with van der Waals surface area (Å²) in [5.41, 5.74) is 2.74. The van der Waals surface area contributed by atoms with E-state index in [2.05, 4.69) is 15.5 Å². The maximum Gasteiger partial charge on any atom is 0.270 e. The van der Waals surface area contributed by atoms with Crippen molar-refractivity contribution in [2.24, 2.45) is 0 Å². The van der Waals surface area contributed by atoms with Crippen LogP contribution in [0.25, 0.3) is 0 Å². The molecule has 0 saturated carbocycles. The summed E-state index contributed by atoms with van der Waals surface area (Å²) < 4.78 is 0. The molecule has 174 valence electrons. The van der Waals surface area contributed by atoms with Gasteiger partial charge >= 0.3 is 0 Å². The second-order valence-electron chi connectivity index (χ2n) is 8.29. The molecule has 0 spiro atoms. The second-order valence-corrected chi connectivity index (χ2v) is 8.29. The van der Waals surface area contributed by atoms with E-state index in [-0.39, 0.29) is 23.2 Å². The molecule has 3 aromatic carbocycles. The number of nitro benzene ring substituents is 1. The van der Waals surface area contributed by atoms with Gasteiger partial charge in [-0.25, -0.2) is 0 Å². The summed E-state index contributed by atoms with van der Waals surface area (Å²) in [7, 11) is 0. The molecule has 8 nitrogen and oxygen atoms in total. The van der Waals surface area contributed by atoms with Crippen molar-refractivity contribution in [3.05, 3.63) is 99.6 Å². The van der Waals surface area contributed by atoms with Crippen molar-refractivity contribution in [3.8, 4) is 0 Å². The zero-order valence-corrected chi connectivity index (χ0v) is 18.9. The molecule has 1 aliphatic heterocycles. The molecule has 0 aliphatic carbocycles. The third kappa shape index (κ3) is 5.23. The SMILES string of the molecule is CC(NC(=O)c1cc(NC(=O)c2cccc([N+](=O)[O-])c2)ccc1N1CCCC1)c1ccccc1. The van der Waals surface area contributed by atoms with Crippen molar-refractivity contribution >= 4 is 28.9 Å². The molecule has 1 atom stereocenters. The fraction of sp³-hybridized carbons (Fsp3) is 0.231. The Labute approximate surface area is 197 Å². The molecule has 2 N–H and O–H groups in total. The van der Waals surface area contributed by atoms with Crippen molar-refractivity contribution in [1.29, 1.82) is 0 Å². The van der Waals surface area contributed by atoms with E-state index in [9.17, 15) is 19.7 Å². The van der Waals surface area contributed by atoms with Crippen molar-refractivity contribution in [3.63, 3.8) is 0 Å². The molecule has 0 radical (unpaired) electrons. The zero-order valence-electron chi connectivity index (χ0n) is 18.9. The van der Waals surface area contributed by atoms with E-state index in [0.29, 0.717) is 11.3 Å². The highest BCUT2D eigenvalue weighted by molar-refractivity contribution is 6.06. The topological polar surface area (TPSA) is 105 Å². The molecule has 4 rings (SSSR count). The Bertz CT molecular complexity index is 1210. The van der Waals surface area contributed by atoms with E-state index >= 15 is 0 Å². The monoisotopic (exact) mass is 458 g/mol. The number of nitrogens with zero attached hydrogens (tertiary/aromatic N) is 2. The number of nitro groups is 1. The zero-order chi connectivity index (χ0) is 24.1. The summed E-state index contributed by atoms with van der Waals surface area (Å²) in [6, 6.07) is 20.3. The van der Waals surface area contributed by atoms with Gasteiger partial charge in [-0.2, -0.15) is 0 Å².